The molecular weight excluding hydrogens is 245 g/mol. The van der Waals surface area contributed by atoms with Gasteiger partial charge in [-0.05, 0) is 30.7 Å². The Morgan fingerprint density at radius 2 is 2.00 bits per heavy atom. The Labute approximate surface area is 112 Å². The van der Waals surface area contributed by atoms with Crippen LogP contribution in [0.4, 0.5) is 4.39 Å². The minimum absolute atomic E-state index is 0.0156. The lowest BCUT2D eigenvalue weighted by Crippen LogP contribution is -2.47. The zero-order valence-corrected chi connectivity index (χ0v) is 10.8. The first-order chi connectivity index (χ1) is 9.22. The fourth-order valence-electron chi connectivity index (χ4n) is 2.28. The summed E-state index contributed by atoms with van der Waals surface area (Å²) in [4.78, 5) is 14.6. The van der Waals surface area contributed by atoms with E-state index in [1.54, 1.807) is 6.08 Å². The van der Waals surface area contributed by atoms with Crippen LogP contribution < -0.4 is 0 Å². The number of Topliss-reactive ketones (excluding diaryl/α,β-unsaturated/α-hetero) is 1. The molecule has 1 saturated heterocycles. The van der Waals surface area contributed by atoms with Crippen molar-refractivity contribution in [2.24, 2.45) is 0 Å². The van der Waals surface area contributed by atoms with E-state index in [-0.39, 0.29) is 17.6 Å². The number of hydrogen-bond donors (Lipinski definition) is 0. The zero-order chi connectivity index (χ0) is 13.7. The molecule has 0 spiro atoms. The summed E-state index contributed by atoms with van der Waals surface area (Å²) in [6, 6.07) is 5.48. The van der Waals surface area contributed by atoms with Crippen LogP contribution in [-0.2, 0) is 4.74 Å². The van der Waals surface area contributed by atoms with Crippen LogP contribution in [0.2, 0.25) is 0 Å². The fraction of sp³-hybridized carbons (Fsp3) is 0.400. The number of morpholine rings is 1. The number of rotatable bonds is 5. The predicted octanol–water partition coefficient (Wildman–Crippen LogP) is 2.29. The SMILES string of the molecule is C=CCC(C(=O)c1ccc(F)cc1)N1CCOCC1. The van der Waals surface area contributed by atoms with Gasteiger partial charge in [-0.2, -0.15) is 0 Å². The molecule has 1 aromatic rings. The summed E-state index contributed by atoms with van der Waals surface area (Å²) >= 11 is 0. The largest absolute Gasteiger partial charge is 0.379 e. The van der Waals surface area contributed by atoms with Crippen molar-refractivity contribution < 1.29 is 13.9 Å². The lowest BCUT2D eigenvalue weighted by molar-refractivity contribution is 0.0181. The summed E-state index contributed by atoms with van der Waals surface area (Å²) in [5.41, 5.74) is 0.541. The van der Waals surface area contributed by atoms with Crippen LogP contribution in [-0.4, -0.2) is 43.0 Å². The predicted molar refractivity (Wildman–Crippen MR) is 71.7 cm³/mol. The molecule has 0 N–H and O–H groups in total. The Balaban J connectivity index is 2.15. The van der Waals surface area contributed by atoms with Crippen molar-refractivity contribution in [2.45, 2.75) is 12.5 Å². The van der Waals surface area contributed by atoms with Gasteiger partial charge in [0.1, 0.15) is 5.82 Å². The van der Waals surface area contributed by atoms with Crippen LogP contribution in [0.3, 0.4) is 0 Å². The number of ketones is 1. The van der Waals surface area contributed by atoms with Gasteiger partial charge < -0.3 is 4.74 Å². The molecule has 1 fully saturated rings. The lowest BCUT2D eigenvalue weighted by Gasteiger charge is -2.33. The number of ether oxygens (including phenoxy) is 1. The maximum Gasteiger partial charge on any atom is 0.180 e. The van der Waals surface area contributed by atoms with E-state index in [1.807, 2.05) is 0 Å². The zero-order valence-electron chi connectivity index (χ0n) is 10.8. The maximum atomic E-state index is 12.9. The molecule has 19 heavy (non-hydrogen) atoms. The third-order valence-corrected chi connectivity index (χ3v) is 3.31. The molecule has 3 nitrogen and oxygen atoms in total. The van der Waals surface area contributed by atoms with Crippen molar-refractivity contribution in [3.05, 3.63) is 48.3 Å². The van der Waals surface area contributed by atoms with Gasteiger partial charge in [-0.3, -0.25) is 9.69 Å². The molecule has 0 radical (unpaired) electrons. The molecule has 1 aliphatic heterocycles. The van der Waals surface area contributed by atoms with Crippen molar-refractivity contribution in [3.8, 4) is 0 Å². The van der Waals surface area contributed by atoms with Gasteiger partial charge in [0, 0.05) is 18.7 Å². The second-order valence-electron chi connectivity index (χ2n) is 4.56. The fourth-order valence-corrected chi connectivity index (χ4v) is 2.28. The van der Waals surface area contributed by atoms with Crippen molar-refractivity contribution >= 4 is 5.78 Å². The van der Waals surface area contributed by atoms with Crippen LogP contribution in [0.1, 0.15) is 16.8 Å². The van der Waals surface area contributed by atoms with E-state index in [0.717, 1.165) is 13.1 Å². The highest BCUT2D eigenvalue weighted by Crippen LogP contribution is 2.15. The summed E-state index contributed by atoms with van der Waals surface area (Å²) in [5.74, 6) is -0.315. The monoisotopic (exact) mass is 263 g/mol. The molecule has 2 rings (SSSR count). The number of hydrogen-bond acceptors (Lipinski definition) is 3. The second-order valence-corrected chi connectivity index (χ2v) is 4.56. The van der Waals surface area contributed by atoms with Crippen molar-refractivity contribution in [1.82, 2.24) is 4.90 Å². The Kier molecular flexibility index (Phi) is 4.82. The van der Waals surface area contributed by atoms with Crippen molar-refractivity contribution in [2.75, 3.05) is 26.3 Å². The highest BCUT2D eigenvalue weighted by Gasteiger charge is 2.27. The van der Waals surface area contributed by atoms with Crippen LogP contribution in [0.25, 0.3) is 0 Å². The van der Waals surface area contributed by atoms with Gasteiger partial charge in [0.2, 0.25) is 0 Å². The first-order valence-corrected chi connectivity index (χ1v) is 6.45. The van der Waals surface area contributed by atoms with Crippen LogP contribution >= 0.6 is 0 Å². The molecule has 0 bridgehead atoms. The molecule has 1 atom stereocenters. The van der Waals surface area contributed by atoms with E-state index in [4.69, 9.17) is 4.74 Å². The van der Waals surface area contributed by atoms with Crippen LogP contribution in [0.5, 0.6) is 0 Å². The van der Waals surface area contributed by atoms with Gasteiger partial charge >= 0.3 is 0 Å². The average molecular weight is 263 g/mol. The molecule has 0 amide bonds. The molecule has 1 aliphatic rings. The minimum atomic E-state index is -0.330. The Bertz CT molecular complexity index is 438. The van der Waals surface area contributed by atoms with Crippen LogP contribution in [0, 0.1) is 5.82 Å². The molecule has 0 aromatic heterocycles. The third-order valence-electron chi connectivity index (χ3n) is 3.31. The average Bonchev–Trinajstić information content (AvgIpc) is 2.46. The number of nitrogens with zero attached hydrogens (tertiary/aromatic N) is 1. The smallest absolute Gasteiger partial charge is 0.180 e. The normalized spacial score (nSPS) is 17.9. The highest BCUT2D eigenvalue weighted by molar-refractivity contribution is 6.00. The number of halogens is 1. The van der Waals surface area contributed by atoms with Crippen molar-refractivity contribution in [1.29, 1.82) is 0 Å². The molecular formula is C15H18FNO2. The molecule has 1 unspecified atom stereocenters. The number of carbonyl (C=O) groups excluding carboxylic acids is 1. The van der Waals surface area contributed by atoms with E-state index in [0.29, 0.717) is 25.2 Å². The summed E-state index contributed by atoms with van der Waals surface area (Å²) in [6.45, 7) is 6.48. The molecule has 1 heterocycles. The topological polar surface area (TPSA) is 29.5 Å². The second kappa shape index (κ2) is 6.59. The lowest BCUT2D eigenvalue weighted by atomic mass is 9.99. The molecule has 4 heteroatoms. The third kappa shape index (κ3) is 3.49. The Morgan fingerprint density at radius 1 is 1.37 bits per heavy atom. The molecule has 102 valence electrons. The molecule has 0 aliphatic carbocycles. The van der Waals surface area contributed by atoms with E-state index < -0.39 is 0 Å². The van der Waals surface area contributed by atoms with E-state index in [1.165, 1.54) is 24.3 Å². The van der Waals surface area contributed by atoms with Gasteiger partial charge in [-0.15, -0.1) is 6.58 Å². The van der Waals surface area contributed by atoms with Gasteiger partial charge in [0.05, 0.1) is 19.3 Å². The van der Waals surface area contributed by atoms with Crippen LogP contribution in [0.15, 0.2) is 36.9 Å². The molecule has 1 aromatic carbocycles. The standard InChI is InChI=1S/C15H18FNO2/c1-2-3-14(17-8-10-19-11-9-17)15(18)12-4-6-13(16)7-5-12/h2,4-7,14H,1,3,8-11H2. The summed E-state index contributed by atoms with van der Waals surface area (Å²) in [7, 11) is 0. The Morgan fingerprint density at radius 3 is 2.58 bits per heavy atom. The van der Waals surface area contributed by atoms with Gasteiger partial charge in [0.15, 0.2) is 5.78 Å². The minimum Gasteiger partial charge on any atom is -0.379 e. The quantitative estimate of drug-likeness (QED) is 0.603. The summed E-state index contributed by atoms with van der Waals surface area (Å²) in [6.07, 6.45) is 2.35. The van der Waals surface area contributed by atoms with Gasteiger partial charge in [-0.1, -0.05) is 6.08 Å². The van der Waals surface area contributed by atoms with Gasteiger partial charge in [0.25, 0.3) is 0 Å². The van der Waals surface area contributed by atoms with E-state index in [9.17, 15) is 9.18 Å². The van der Waals surface area contributed by atoms with Crippen molar-refractivity contribution in [3.63, 3.8) is 0 Å². The first kappa shape index (κ1) is 13.9. The maximum absolute atomic E-state index is 12.9. The summed E-state index contributed by atoms with van der Waals surface area (Å²) < 4.78 is 18.2. The highest BCUT2D eigenvalue weighted by atomic mass is 19.1. The first-order valence-electron chi connectivity index (χ1n) is 6.45. The number of carbonyl (C=O) groups is 1. The van der Waals surface area contributed by atoms with Gasteiger partial charge in [-0.25, -0.2) is 4.39 Å². The summed E-state index contributed by atoms with van der Waals surface area (Å²) in [5, 5.41) is 0. The van der Waals surface area contributed by atoms with E-state index in [2.05, 4.69) is 11.5 Å². The number of benzene rings is 1. The Hall–Kier alpha value is -1.52. The van der Waals surface area contributed by atoms with E-state index >= 15 is 0 Å². The molecule has 0 saturated carbocycles.